The van der Waals surface area contributed by atoms with Gasteiger partial charge in [-0.15, -0.1) is 0 Å². The van der Waals surface area contributed by atoms with Gasteiger partial charge in [-0.25, -0.2) is 0 Å². The highest BCUT2D eigenvalue weighted by atomic mass is 16.3. The fraction of sp³-hybridized carbons (Fsp3) is 0.400. The van der Waals surface area contributed by atoms with E-state index in [1.54, 1.807) is 6.92 Å². The molecule has 0 bridgehead atoms. The van der Waals surface area contributed by atoms with Crippen LogP contribution in [0.25, 0.3) is 0 Å². The van der Waals surface area contributed by atoms with E-state index >= 15 is 0 Å². The van der Waals surface area contributed by atoms with Crippen LogP contribution in [0.15, 0.2) is 101 Å². The SMILES string of the molecule is CC1=C2C(=O)c3c(CCc4ccccc4)cccc3CC2(C)CC2(C)CC(CCc3ccccc3)=C(C(C)O)C(=O)C12C. The molecule has 6 rings (SSSR count). The molecule has 0 amide bonds. The summed E-state index contributed by atoms with van der Waals surface area (Å²) < 4.78 is 0. The Kier molecular flexibility index (Phi) is 7.45. The molecule has 3 aliphatic carbocycles. The van der Waals surface area contributed by atoms with Crippen molar-refractivity contribution in [1.29, 1.82) is 0 Å². The zero-order chi connectivity index (χ0) is 30.6. The lowest BCUT2D eigenvalue weighted by Gasteiger charge is -2.59. The molecule has 3 nitrogen and oxygen atoms in total. The Hall–Kier alpha value is -3.56. The quantitative estimate of drug-likeness (QED) is 0.310. The number of aliphatic hydroxyl groups is 1. The molecule has 3 aliphatic rings. The van der Waals surface area contributed by atoms with Gasteiger partial charge in [-0.3, -0.25) is 9.59 Å². The molecule has 0 spiro atoms. The van der Waals surface area contributed by atoms with E-state index in [0.29, 0.717) is 5.57 Å². The van der Waals surface area contributed by atoms with Gasteiger partial charge in [0.2, 0.25) is 0 Å². The van der Waals surface area contributed by atoms with Crippen molar-refractivity contribution in [3.63, 3.8) is 0 Å². The summed E-state index contributed by atoms with van der Waals surface area (Å²) >= 11 is 0. The number of Topliss-reactive ketones (excluding diaryl/α,β-unsaturated/α-hetero) is 2. The van der Waals surface area contributed by atoms with Crippen molar-refractivity contribution in [2.24, 2.45) is 16.2 Å². The molecule has 0 radical (unpaired) electrons. The largest absolute Gasteiger partial charge is 0.389 e. The second-order valence-corrected chi connectivity index (χ2v) is 14.1. The zero-order valence-electron chi connectivity index (χ0n) is 26.3. The maximum absolute atomic E-state index is 14.7. The third-order valence-corrected chi connectivity index (χ3v) is 11.2. The Morgan fingerprint density at radius 1 is 0.767 bits per heavy atom. The van der Waals surface area contributed by atoms with Gasteiger partial charge < -0.3 is 5.11 Å². The van der Waals surface area contributed by atoms with Crippen LogP contribution in [-0.4, -0.2) is 22.8 Å². The topological polar surface area (TPSA) is 54.4 Å². The van der Waals surface area contributed by atoms with Crippen molar-refractivity contribution in [3.8, 4) is 0 Å². The Bertz CT molecular complexity index is 1640. The number of aryl methyl sites for hydroxylation is 3. The molecule has 3 aromatic carbocycles. The first-order valence-corrected chi connectivity index (χ1v) is 15.9. The fourth-order valence-corrected chi connectivity index (χ4v) is 8.97. The first-order chi connectivity index (χ1) is 20.5. The zero-order valence-corrected chi connectivity index (χ0v) is 26.3. The number of hydrogen-bond acceptors (Lipinski definition) is 3. The number of hydrogen-bond donors (Lipinski definition) is 1. The summed E-state index contributed by atoms with van der Waals surface area (Å²) in [4.78, 5) is 29.3. The third-order valence-electron chi connectivity index (χ3n) is 11.2. The monoisotopic (exact) mass is 572 g/mol. The molecule has 0 aromatic heterocycles. The highest BCUT2D eigenvalue weighted by Crippen LogP contribution is 2.66. The molecular formula is C40H44O3. The molecule has 0 fully saturated rings. The van der Waals surface area contributed by atoms with E-state index in [9.17, 15) is 14.7 Å². The third kappa shape index (κ3) is 4.77. The molecule has 0 heterocycles. The van der Waals surface area contributed by atoms with Gasteiger partial charge in [-0.2, -0.15) is 0 Å². The smallest absolute Gasteiger partial charge is 0.190 e. The highest BCUT2D eigenvalue weighted by Gasteiger charge is 2.63. The van der Waals surface area contributed by atoms with Crippen LogP contribution in [0.5, 0.6) is 0 Å². The summed E-state index contributed by atoms with van der Waals surface area (Å²) in [5.41, 5.74) is 7.37. The number of fused-ring (bicyclic) bond motifs is 3. The average Bonchev–Trinajstić information content (AvgIpc) is 2.97. The summed E-state index contributed by atoms with van der Waals surface area (Å²) in [7, 11) is 0. The van der Waals surface area contributed by atoms with Crippen LogP contribution in [-0.2, 0) is 30.5 Å². The van der Waals surface area contributed by atoms with Gasteiger partial charge in [0, 0.05) is 22.1 Å². The Morgan fingerprint density at radius 3 is 1.98 bits per heavy atom. The molecule has 4 atom stereocenters. The first-order valence-electron chi connectivity index (χ1n) is 15.9. The van der Waals surface area contributed by atoms with E-state index in [0.717, 1.165) is 78.4 Å². The summed E-state index contributed by atoms with van der Waals surface area (Å²) in [5, 5.41) is 11.0. The maximum Gasteiger partial charge on any atom is 0.190 e. The fourth-order valence-electron chi connectivity index (χ4n) is 8.97. The van der Waals surface area contributed by atoms with Gasteiger partial charge >= 0.3 is 0 Å². The van der Waals surface area contributed by atoms with E-state index < -0.39 is 11.5 Å². The summed E-state index contributed by atoms with van der Waals surface area (Å²) in [6.45, 7) is 10.3. The van der Waals surface area contributed by atoms with Crippen molar-refractivity contribution in [2.45, 2.75) is 85.7 Å². The van der Waals surface area contributed by atoms with Crippen molar-refractivity contribution in [3.05, 3.63) is 129 Å². The molecule has 3 aromatic rings. The molecule has 0 aliphatic heterocycles. The summed E-state index contributed by atoms with van der Waals surface area (Å²) in [6, 6.07) is 27.1. The molecule has 3 heteroatoms. The Morgan fingerprint density at radius 2 is 1.37 bits per heavy atom. The standard InChI is InChI=1S/C40H44O3/c1-26-35-36(42)34-30(21-19-28-13-8-6-9-14-28)17-12-18-31(34)23-38(35,3)25-39(4)24-32(22-20-29-15-10-7-11-16-29)33(27(2)41)37(43)40(26,39)5/h6-18,27,41H,19-25H2,1-5H3. The highest BCUT2D eigenvalue weighted by molar-refractivity contribution is 6.15. The number of carbonyl (C=O) groups excluding carboxylic acids is 2. The predicted octanol–water partition coefficient (Wildman–Crippen LogP) is 8.23. The average molecular weight is 573 g/mol. The maximum atomic E-state index is 14.7. The van der Waals surface area contributed by atoms with Gasteiger partial charge in [0.05, 0.1) is 11.5 Å². The lowest BCUT2D eigenvalue weighted by atomic mass is 9.42. The lowest BCUT2D eigenvalue weighted by Crippen LogP contribution is -2.57. The van der Waals surface area contributed by atoms with Crippen LogP contribution in [0.1, 0.15) is 86.5 Å². The molecule has 43 heavy (non-hydrogen) atoms. The van der Waals surface area contributed by atoms with Crippen LogP contribution >= 0.6 is 0 Å². The summed E-state index contributed by atoms with van der Waals surface area (Å²) in [6.07, 6.45) is 4.72. The second-order valence-electron chi connectivity index (χ2n) is 14.1. The Labute approximate surface area is 256 Å². The number of aliphatic hydroxyl groups excluding tert-OH is 1. The molecule has 222 valence electrons. The van der Waals surface area contributed by atoms with Crippen molar-refractivity contribution >= 4 is 11.6 Å². The number of benzene rings is 3. The van der Waals surface area contributed by atoms with Crippen molar-refractivity contribution < 1.29 is 14.7 Å². The van der Waals surface area contributed by atoms with E-state index in [4.69, 9.17) is 0 Å². The Balaban J connectivity index is 1.41. The number of ketones is 2. The predicted molar refractivity (Wildman–Crippen MR) is 173 cm³/mol. The van der Waals surface area contributed by atoms with Crippen LogP contribution < -0.4 is 0 Å². The van der Waals surface area contributed by atoms with Crippen LogP contribution in [0.3, 0.4) is 0 Å². The van der Waals surface area contributed by atoms with Gasteiger partial charge in [-0.1, -0.05) is 104 Å². The van der Waals surface area contributed by atoms with Gasteiger partial charge in [0.15, 0.2) is 11.6 Å². The molecule has 4 unspecified atom stereocenters. The minimum absolute atomic E-state index is 0.00215. The number of carbonyl (C=O) groups is 2. The summed E-state index contributed by atoms with van der Waals surface area (Å²) in [5.74, 6) is 0.0979. The van der Waals surface area contributed by atoms with Gasteiger partial charge in [0.1, 0.15) is 0 Å². The first kappa shape index (κ1) is 29.5. The minimum atomic E-state index is -0.851. The molecule has 1 N–H and O–H groups in total. The van der Waals surface area contributed by atoms with Gasteiger partial charge in [-0.05, 0) is 93.4 Å². The normalized spacial score (nSPS) is 27.5. The van der Waals surface area contributed by atoms with Crippen LogP contribution in [0.4, 0.5) is 0 Å². The molecule has 0 saturated heterocycles. The lowest BCUT2D eigenvalue weighted by molar-refractivity contribution is -0.133. The number of allylic oxidation sites excluding steroid dienone is 3. The van der Waals surface area contributed by atoms with Crippen molar-refractivity contribution in [1.82, 2.24) is 0 Å². The van der Waals surface area contributed by atoms with Crippen LogP contribution in [0.2, 0.25) is 0 Å². The van der Waals surface area contributed by atoms with E-state index in [-0.39, 0.29) is 22.4 Å². The van der Waals surface area contributed by atoms with Crippen molar-refractivity contribution in [2.75, 3.05) is 0 Å². The minimum Gasteiger partial charge on any atom is -0.389 e. The molecule has 0 saturated carbocycles. The second kappa shape index (κ2) is 10.9. The van der Waals surface area contributed by atoms with E-state index in [2.05, 4.69) is 75.4 Å². The number of rotatable bonds is 7. The molecular weight excluding hydrogens is 528 g/mol. The van der Waals surface area contributed by atoms with Gasteiger partial charge in [0.25, 0.3) is 0 Å². The van der Waals surface area contributed by atoms with Crippen LogP contribution in [0, 0.1) is 16.2 Å². The van der Waals surface area contributed by atoms with E-state index in [1.165, 1.54) is 11.1 Å². The van der Waals surface area contributed by atoms with E-state index in [1.807, 2.05) is 31.2 Å².